The predicted octanol–water partition coefficient (Wildman–Crippen LogP) is 0.826. The molecule has 2 N–H and O–H groups in total. The van der Waals surface area contributed by atoms with Crippen LogP contribution in [0.15, 0.2) is 18.3 Å². The minimum atomic E-state index is -0.789. The van der Waals surface area contributed by atoms with Gasteiger partial charge in [0.25, 0.3) is 5.91 Å². The van der Waals surface area contributed by atoms with Crippen LogP contribution in [0.4, 0.5) is 0 Å². The highest BCUT2D eigenvalue weighted by Gasteiger charge is 2.42. The lowest BCUT2D eigenvalue weighted by atomic mass is 9.95. The van der Waals surface area contributed by atoms with E-state index in [0.29, 0.717) is 29.9 Å². The van der Waals surface area contributed by atoms with Gasteiger partial charge in [0.05, 0.1) is 5.56 Å². The summed E-state index contributed by atoms with van der Waals surface area (Å²) in [5.41, 5.74) is 0.393. The van der Waals surface area contributed by atoms with Crippen molar-refractivity contribution in [2.24, 2.45) is 0 Å². The first-order valence-electron chi connectivity index (χ1n) is 7.42. The van der Waals surface area contributed by atoms with E-state index < -0.39 is 5.54 Å². The molecule has 0 unspecified atom stereocenters. The second kappa shape index (κ2) is 5.40. The van der Waals surface area contributed by atoms with E-state index in [1.807, 2.05) is 6.92 Å². The molecule has 0 aliphatic heterocycles. The summed E-state index contributed by atoms with van der Waals surface area (Å²) >= 11 is 0. The Labute approximate surface area is 128 Å². The molecule has 1 aliphatic carbocycles. The number of pyridine rings is 1. The van der Waals surface area contributed by atoms with Gasteiger partial charge >= 0.3 is 0 Å². The zero-order chi connectivity index (χ0) is 15.7. The van der Waals surface area contributed by atoms with E-state index in [4.69, 9.17) is 0 Å². The second-order valence-electron chi connectivity index (χ2n) is 5.72. The van der Waals surface area contributed by atoms with E-state index >= 15 is 0 Å². The van der Waals surface area contributed by atoms with E-state index in [1.165, 1.54) is 0 Å². The quantitative estimate of drug-likeness (QED) is 0.878. The smallest absolute Gasteiger partial charge is 0.253 e. The first kappa shape index (κ1) is 14.5. The summed E-state index contributed by atoms with van der Waals surface area (Å²) in [6, 6.07) is 3.45. The number of aryl methyl sites for hydroxylation is 1. The van der Waals surface area contributed by atoms with Crippen molar-refractivity contribution in [3.63, 3.8) is 0 Å². The number of hydrogen-bond donors (Lipinski definition) is 2. The minimum absolute atomic E-state index is 0.125. The SMILES string of the molecule is CNC(=O)C1(NC(=O)c2ccc3nnc(C)n3c2)CCCC1. The molecular weight excluding hydrogens is 282 g/mol. The molecule has 7 nitrogen and oxygen atoms in total. The number of carbonyl (C=O) groups is 2. The third-order valence-electron chi connectivity index (χ3n) is 4.31. The van der Waals surface area contributed by atoms with Gasteiger partial charge in [-0.05, 0) is 31.9 Å². The molecule has 3 rings (SSSR count). The number of nitrogens with zero attached hydrogens (tertiary/aromatic N) is 3. The summed E-state index contributed by atoms with van der Waals surface area (Å²) in [7, 11) is 1.60. The topological polar surface area (TPSA) is 88.4 Å². The Morgan fingerprint density at radius 2 is 1.95 bits per heavy atom. The zero-order valence-corrected chi connectivity index (χ0v) is 12.7. The number of nitrogens with one attached hydrogen (secondary N) is 2. The van der Waals surface area contributed by atoms with E-state index in [2.05, 4.69) is 20.8 Å². The Balaban J connectivity index is 1.88. The Kier molecular flexibility index (Phi) is 3.56. The number of amides is 2. The summed E-state index contributed by atoms with van der Waals surface area (Å²) in [5, 5.41) is 13.6. The number of aromatic nitrogens is 3. The molecule has 2 heterocycles. The lowest BCUT2D eigenvalue weighted by Crippen LogP contribution is -2.56. The molecule has 116 valence electrons. The molecule has 2 aromatic rings. The lowest BCUT2D eigenvalue weighted by Gasteiger charge is -2.28. The van der Waals surface area contributed by atoms with Crippen molar-refractivity contribution in [1.29, 1.82) is 0 Å². The molecule has 0 aromatic carbocycles. The van der Waals surface area contributed by atoms with E-state index in [9.17, 15) is 9.59 Å². The monoisotopic (exact) mass is 301 g/mol. The molecule has 0 saturated heterocycles. The van der Waals surface area contributed by atoms with Crippen LogP contribution in [0.25, 0.3) is 5.65 Å². The van der Waals surface area contributed by atoms with E-state index in [-0.39, 0.29) is 11.8 Å². The molecular formula is C15H19N5O2. The van der Waals surface area contributed by atoms with Crippen molar-refractivity contribution in [2.45, 2.75) is 38.1 Å². The van der Waals surface area contributed by atoms with Crippen molar-refractivity contribution in [3.8, 4) is 0 Å². The highest BCUT2D eigenvalue weighted by molar-refractivity contribution is 5.99. The molecule has 2 amide bonds. The second-order valence-corrected chi connectivity index (χ2v) is 5.72. The number of rotatable bonds is 3. The summed E-state index contributed by atoms with van der Waals surface area (Å²) in [6.45, 7) is 1.82. The maximum absolute atomic E-state index is 12.6. The lowest BCUT2D eigenvalue weighted by molar-refractivity contribution is -0.126. The maximum Gasteiger partial charge on any atom is 0.253 e. The average Bonchev–Trinajstić information content (AvgIpc) is 3.14. The van der Waals surface area contributed by atoms with Gasteiger partial charge in [0, 0.05) is 13.2 Å². The van der Waals surface area contributed by atoms with Gasteiger partial charge in [0.1, 0.15) is 11.4 Å². The molecule has 2 aromatic heterocycles. The maximum atomic E-state index is 12.6. The van der Waals surface area contributed by atoms with Gasteiger partial charge in [-0.25, -0.2) is 0 Å². The van der Waals surface area contributed by atoms with Gasteiger partial charge in [0.15, 0.2) is 5.65 Å². The predicted molar refractivity (Wildman–Crippen MR) is 80.5 cm³/mol. The number of carbonyl (C=O) groups excluding carboxylic acids is 2. The van der Waals surface area contributed by atoms with E-state index in [0.717, 1.165) is 12.8 Å². The van der Waals surface area contributed by atoms with Gasteiger partial charge in [0.2, 0.25) is 5.91 Å². The highest BCUT2D eigenvalue weighted by atomic mass is 16.2. The normalized spacial score (nSPS) is 16.6. The number of fused-ring (bicyclic) bond motifs is 1. The van der Waals surface area contributed by atoms with Gasteiger partial charge in [-0.15, -0.1) is 10.2 Å². The van der Waals surface area contributed by atoms with Crippen LogP contribution in [0, 0.1) is 6.92 Å². The fourth-order valence-corrected chi connectivity index (χ4v) is 3.06. The molecule has 0 atom stereocenters. The van der Waals surface area contributed by atoms with Crippen molar-refractivity contribution < 1.29 is 9.59 Å². The molecule has 0 spiro atoms. The number of likely N-dealkylation sites (N-methyl/N-ethyl adjacent to an activating group) is 1. The van der Waals surface area contributed by atoms with Crippen LogP contribution in [-0.2, 0) is 4.79 Å². The molecule has 0 radical (unpaired) electrons. The Hall–Kier alpha value is -2.44. The third-order valence-corrected chi connectivity index (χ3v) is 4.31. The van der Waals surface area contributed by atoms with Gasteiger partial charge in [-0.1, -0.05) is 12.8 Å². The highest BCUT2D eigenvalue weighted by Crippen LogP contribution is 2.30. The third kappa shape index (κ3) is 2.32. The van der Waals surface area contributed by atoms with Crippen LogP contribution in [0.2, 0.25) is 0 Å². The van der Waals surface area contributed by atoms with Crippen LogP contribution in [0.3, 0.4) is 0 Å². The molecule has 7 heteroatoms. The fraction of sp³-hybridized carbons (Fsp3) is 0.467. The van der Waals surface area contributed by atoms with Crippen LogP contribution in [-0.4, -0.2) is 39.0 Å². The summed E-state index contributed by atoms with van der Waals surface area (Å²) < 4.78 is 1.76. The average molecular weight is 301 g/mol. The van der Waals surface area contributed by atoms with Gasteiger partial charge in [-0.2, -0.15) is 0 Å². The van der Waals surface area contributed by atoms with E-state index in [1.54, 1.807) is 29.8 Å². The Bertz CT molecular complexity index is 731. The van der Waals surface area contributed by atoms with Gasteiger partial charge in [-0.3, -0.25) is 14.0 Å². The minimum Gasteiger partial charge on any atom is -0.357 e. The molecule has 22 heavy (non-hydrogen) atoms. The van der Waals surface area contributed by atoms with Gasteiger partial charge < -0.3 is 10.6 Å². The van der Waals surface area contributed by atoms with Crippen LogP contribution >= 0.6 is 0 Å². The van der Waals surface area contributed by atoms with Crippen LogP contribution in [0.1, 0.15) is 41.9 Å². The summed E-state index contributed by atoms with van der Waals surface area (Å²) in [5.74, 6) is 0.340. The standard InChI is InChI=1S/C15H19N5O2/c1-10-18-19-12-6-5-11(9-20(10)12)13(21)17-15(14(22)16-2)7-3-4-8-15/h5-6,9H,3-4,7-8H2,1-2H3,(H,16,22)(H,17,21). The molecule has 1 aliphatic rings. The Morgan fingerprint density at radius 1 is 1.23 bits per heavy atom. The van der Waals surface area contributed by atoms with Crippen molar-refractivity contribution >= 4 is 17.5 Å². The van der Waals surface area contributed by atoms with Crippen LogP contribution in [0.5, 0.6) is 0 Å². The molecule has 1 fully saturated rings. The Morgan fingerprint density at radius 3 is 2.64 bits per heavy atom. The zero-order valence-electron chi connectivity index (χ0n) is 12.7. The first-order valence-corrected chi connectivity index (χ1v) is 7.42. The van der Waals surface area contributed by atoms with Crippen molar-refractivity contribution in [2.75, 3.05) is 7.05 Å². The summed E-state index contributed by atoms with van der Waals surface area (Å²) in [6.07, 6.45) is 4.93. The summed E-state index contributed by atoms with van der Waals surface area (Å²) in [4.78, 5) is 24.7. The van der Waals surface area contributed by atoms with Crippen molar-refractivity contribution in [3.05, 3.63) is 29.7 Å². The largest absolute Gasteiger partial charge is 0.357 e. The van der Waals surface area contributed by atoms with Crippen molar-refractivity contribution in [1.82, 2.24) is 25.2 Å². The number of hydrogen-bond acceptors (Lipinski definition) is 4. The van der Waals surface area contributed by atoms with Crippen LogP contribution < -0.4 is 10.6 Å². The molecule has 0 bridgehead atoms. The first-order chi connectivity index (χ1) is 10.6. The fourth-order valence-electron chi connectivity index (χ4n) is 3.06. The molecule has 1 saturated carbocycles.